The van der Waals surface area contributed by atoms with Gasteiger partial charge in [-0.15, -0.1) is 0 Å². The van der Waals surface area contributed by atoms with Crippen molar-refractivity contribution in [3.05, 3.63) is 46.5 Å². The van der Waals surface area contributed by atoms with E-state index in [1.807, 2.05) is 0 Å². The average Bonchev–Trinajstić information content (AvgIpc) is 2.82. The number of methoxy groups -OCH3 is 2. The lowest BCUT2D eigenvalue weighted by Crippen LogP contribution is -2.40. The average molecular weight is 615 g/mol. The minimum Gasteiger partial charge on any atom is -0.496 e. The predicted molar refractivity (Wildman–Crippen MR) is 193 cm³/mol. The largest absolute Gasteiger partial charge is 0.496 e. The summed E-state index contributed by atoms with van der Waals surface area (Å²) in [6.07, 6.45) is 5.06. The quantitative estimate of drug-likeness (QED) is 0.209. The van der Waals surface area contributed by atoms with Crippen LogP contribution in [-0.2, 0) is 0 Å². The Kier molecular flexibility index (Phi) is 13.5. The summed E-state index contributed by atoms with van der Waals surface area (Å²) in [6.45, 7) is 33.8. The van der Waals surface area contributed by atoms with E-state index in [0.29, 0.717) is 33.5 Å². The van der Waals surface area contributed by atoms with Gasteiger partial charge in [0.2, 0.25) is 0 Å². The third kappa shape index (κ3) is 8.98. The Morgan fingerprint density at radius 1 is 0.690 bits per heavy atom. The van der Waals surface area contributed by atoms with Gasteiger partial charge < -0.3 is 9.47 Å². The van der Waals surface area contributed by atoms with Gasteiger partial charge in [0.1, 0.15) is 11.5 Å². The monoisotopic (exact) mass is 614 g/mol. The van der Waals surface area contributed by atoms with E-state index >= 15 is 0 Å². The molecular weight excluding hydrogens is 550 g/mol. The zero-order valence-corrected chi connectivity index (χ0v) is 31.9. The Bertz CT molecular complexity index is 1040. The Morgan fingerprint density at radius 3 is 1.36 bits per heavy atom. The van der Waals surface area contributed by atoms with E-state index in [2.05, 4.69) is 121 Å². The van der Waals surface area contributed by atoms with Crippen LogP contribution in [0.5, 0.6) is 11.5 Å². The molecule has 0 aromatic heterocycles. The molecule has 2 unspecified atom stereocenters. The molecule has 2 aromatic rings. The summed E-state index contributed by atoms with van der Waals surface area (Å²) in [4.78, 5) is 0. The van der Waals surface area contributed by atoms with Crippen LogP contribution in [0.25, 0.3) is 0 Å². The molecule has 238 valence electrons. The van der Waals surface area contributed by atoms with Crippen molar-refractivity contribution in [2.45, 2.75) is 144 Å². The first-order chi connectivity index (χ1) is 19.4. The molecule has 4 heteroatoms. The molecule has 0 aliphatic heterocycles. The number of rotatable bonds is 13. The number of ether oxygens (including phenoxy) is 2. The molecule has 2 nitrogen and oxygen atoms in total. The summed E-state index contributed by atoms with van der Waals surface area (Å²) < 4.78 is 11.7. The van der Waals surface area contributed by atoms with E-state index in [-0.39, 0.29) is 7.92 Å². The van der Waals surface area contributed by atoms with Gasteiger partial charge in [0.25, 0.3) is 0 Å². The molecule has 0 heterocycles. The van der Waals surface area contributed by atoms with Gasteiger partial charge in [0.15, 0.2) is 0 Å². The van der Waals surface area contributed by atoms with Gasteiger partial charge in [-0.05, 0) is 139 Å². The van der Waals surface area contributed by atoms with Crippen LogP contribution in [0, 0.1) is 39.5 Å². The fourth-order valence-electron chi connectivity index (χ4n) is 7.90. The molecule has 0 bridgehead atoms. The second-order valence-electron chi connectivity index (χ2n) is 15.1. The lowest BCUT2D eigenvalue weighted by atomic mass is 9.89. The van der Waals surface area contributed by atoms with E-state index in [1.165, 1.54) is 58.5 Å². The topological polar surface area (TPSA) is 18.5 Å². The lowest BCUT2D eigenvalue weighted by molar-refractivity contribution is 0.371. The third-order valence-corrected chi connectivity index (χ3v) is 15.8. The summed E-state index contributed by atoms with van der Waals surface area (Å²) in [5, 5.41) is 3.59. The first kappa shape index (κ1) is 37.1. The van der Waals surface area contributed by atoms with Crippen molar-refractivity contribution in [3.8, 4) is 11.5 Å². The van der Waals surface area contributed by atoms with Crippen LogP contribution in [0.1, 0.15) is 117 Å². The minimum atomic E-state index is -0.625. The number of hydrogen-bond donors (Lipinski definition) is 0. The molecule has 42 heavy (non-hydrogen) atoms. The van der Waals surface area contributed by atoms with Crippen molar-refractivity contribution >= 4 is 26.5 Å². The number of hydrogen-bond acceptors (Lipinski definition) is 2. The molecule has 2 rings (SSSR count). The van der Waals surface area contributed by atoms with E-state index < -0.39 is 7.92 Å². The van der Waals surface area contributed by atoms with Crippen LogP contribution in [0.3, 0.4) is 0 Å². The van der Waals surface area contributed by atoms with Crippen LogP contribution in [-0.4, -0.2) is 35.8 Å². The normalized spacial score (nSPS) is 14.9. The third-order valence-electron chi connectivity index (χ3n) is 8.75. The van der Waals surface area contributed by atoms with Gasteiger partial charge in [-0.25, -0.2) is 0 Å². The molecule has 3 atom stereocenters. The highest BCUT2D eigenvalue weighted by Crippen LogP contribution is 2.66. The SMILES string of the molecule is CCCCC(C(CC(C)C)[C@@H](C)P(C(C)(C)C)C(C)(C)C)P(c1cc(C)c(OC)c(C)c1)c1cc(C)c(OC)c(C)c1. The van der Waals surface area contributed by atoms with Gasteiger partial charge in [-0.1, -0.05) is 90.0 Å². The molecule has 0 radical (unpaired) electrons. The molecule has 0 N–H and O–H groups in total. The maximum Gasteiger partial charge on any atom is 0.124 e. The van der Waals surface area contributed by atoms with E-state index in [0.717, 1.165) is 11.5 Å². The highest BCUT2D eigenvalue weighted by Gasteiger charge is 2.44. The zero-order chi connectivity index (χ0) is 32.2. The van der Waals surface area contributed by atoms with E-state index in [9.17, 15) is 0 Å². The van der Waals surface area contributed by atoms with Crippen LogP contribution >= 0.6 is 15.8 Å². The fraction of sp³-hybridized carbons (Fsp3) is 0.684. The Hall–Kier alpha value is -1.10. The van der Waals surface area contributed by atoms with Crippen LogP contribution in [0.4, 0.5) is 0 Å². The summed E-state index contributed by atoms with van der Waals surface area (Å²) >= 11 is 0. The molecule has 2 aromatic carbocycles. The molecule has 0 aliphatic rings. The maximum absolute atomic E-state index is 5.85. The fourth-order valence-corrected chi connectivity index (χ4v) is 16.8. The summed E-state index contributed by atoms with van der Waals surface area (Å²) in [7, 11) is 2.73. The number of aryl methyl sites for hydroxylation is 4. The van der Waals surface area contributed by atoms with Crippen molar-refractivity contribution in [2.24, 2.45) is 11.8 Å². The van der Waals surface area contributed by atoms with Crippen molar-refractivity contribution in [1.82, 2.24) is 0 Å². The zero-order valence-electron chi connectivity index (χ0n) is 30.2. The molecule has 0 fully saturated rings. The smallest absolute Gasteiger partial charge is 0.124 e. The summed E-state index contributed by atoms with van der Waals surface area (Å²) in [5.41, 5.74) is 6.25. The first-order valence-corrected chi connectivity index (χ1v) is 19.1. The molecule has 0 aliphatic carbocycles. The van der Waals surface area contributed by atoms with Gasteiger partial charge in [-0.2, -0.15) is 0 Å². The van der Waals surface area contributed by atoms with Crippen molar-refractivity contribution in [1.29, 1.82) is 0 Å². The molecule has 0 amide bonds. The van der Waals surface area contributed by atoms with Gasteiger partial charge >= 0.3 is 0 Å². The van der Waals surface area contributed by atoms with Gasteiger partial charge in [0, 0.05) is 0 Å². The van der Waals surface area contributed by atoms with E-state index in [4.69, 9.17) is 9.47 Å². The molecular formula is C38H64O2P2. The van der Waals surface area contributed by atoms with Crippen molar-refractivity contribution < 1.29 is 9.47 Å². The lowest BCUT2D eigenvalue weighted by Gasteiger charge is -2.50. The van der Waals surface area contributed by atoms with Crippen molar-refractivity contribution in [2.75, 3.05) is 14.2 Å². The number of benzene rings is 2. The second-order valence-corrected chi connectivity index (χ2v) is 21.7. The van der Waals surface area contributed by atoms with Gasteiger partial charge in [-0.3, -0.25) is 0 Å². The highest BCUT2D eigenvalue weighted by molar-refractivity contribution is 7.73. The first-order valence-electron chi connectivity index (χ1n) is 16.3. The van der Waals surface area contributed by atoms with Crippen LogP contribution in [0.15, 0.2) is 24.3 Å². The predicted octanol–water partition coefficient (Wildman–Crippen LogP) is 11.1. The van der Waals surface area contributed by atoms with Crippen molar-refractivity contribution in [3.63, 3.8) is 0 Å². The van der Waals surface area contributed by atoms with Crippen LogP contribution < -0.4 is 20.1 Å². The Balaban J connectivity index is 2.97. The van der Waals surface area contributed by atoms with E-state index in [1.54, 1.807) is 14.2 Å². The second kappa shape index (κ2) is 15.3. The molecule has 0 saturated carbocycles. The maximum atomic E-state index is 5.85. The summed E-state index contributed by atoms with van der Waals surface area (Å²) in [5.74, 6) is 3.36. The Morgan fingerprint density at radius 2 is 1.07 bits per heavy atom. The Labute approximate surface area is 263 Å². The minimum absolute atomic E-state index is 0.254. The standard InChI is InChI=1S/C38H64O2P2/c1-17-18-19-34(33(20-25(2)3)30(8)42(37(9,10)11)38(12,13)14)41(31-21-26(4)35(39-15)27(5)22-31)32-23-28(6)36(40-16)29(7)24-32/h21-25,30,33-34H,17-20H2,1-16H3/t30-,33?,34?/m1/s1. The molecule has 0 spiro atoms. The molecule has 0 saturated heterocycles. The van der Waals surface area contributed by atoms with Crippen LogP contribution in [0.2, 0.25) is 0 Å². The number of unbranched alkanes of at least 4 members (excludes halogenated alkanes) is 1. The highest BCUT2D eigenvalue weighted by atomic mass is 31.1. The summed E-state index contributed by atoms with van der Waals surface area (Å²) in [6, 6.07) is 9.83. The van der Waals surface area contributed by atoms with Gasteiger partial charge in [0.05, 0.1) is 14.2 Å².